The average Bonchev–Trinajstić information content (AvgIpc) is 2.66. The summed E-state index contributed by atoms with van der Waals surface area (Å²) in [5, 5.41) is 3.92. The van der Waals surface area contributed by atoms with Crippen molar-refractivity contribution in [2.75, 3.05) is 13.1 Å². The first kappa shape index (κ1) is 24.7. The van der Waals surface area contributed by atoms with Gasteiger partial charge in [0.25, 0.3) is 0 Å². The standard InChI is InChI=1S/C21H26ClN3O.2ClH/c22-18-8-6-16(7-9-18)15-25-12-10-19(11-13-25)24-21(26)14-20(23)17-4-2-1-3-5-17;;/h1-9,19-20H,10-15,23H2,(H,24,26);2*1H. The van der Waals surface area contributed by atoms with Gasteiger partial charge in [-0.05, 0) is 36.1 Å². The molecule has 1 unspecified atom stereocenters. The summed E-state index contributed by atoms with van der Waals surface area (Å²) in [7, 11) is 0. The summed E-state index contributed by atoms with van der Waals surface area (Å²) < 4.78 is 0. The Hall–Kier alpha value is -1.30. The van der Waals surface area contributed by atoms with Gasteiger partial charge in [0, 0.05) is 43.2 Å². The molecular formula is C21H28Cl3N3O. The summed E-state index contributed by atoms with van der Waals surface area (Å²) in [5.41, 5.74) is 8.41. The summed E-state index contributed by atoms with van der Waals surface area (Å²) in [6.45, 7) is 2.90. The highest BCUT2D eigenvalue weighted by atomic mass is 35.5. The second kappa shape index (κ2) is 12.3. The van der Waals surface area contributed by atoms with E-state index in [1.165, 1.54) is 5.56 Å². The average molecular weight is 445 g/mol. The lowest BCUT2D eigenvalue weighted by atomic mass is 10.0. The van der Waals surface area contributed by atoms with Crippen LogP contribution in [0.3, 0.4) is 0 Å². The highest BCUT2D eigenvalue weighted by Gasteiger charge is 2.21. The molecule has 2 aromatic carbocycles. The van der Waals surface area contributed by atoms with Gasteiger partial charge in [-0.1, -0.05) is 54.1 Å². The number of amides is 1. The minimum absolute atomic E-state index is 0. The molecule has 1 atom stereocenters. The molecule has 154 valence electrons. The second-order valence-electron chi connectivity index (χ2n) is 6.97. The maximum atomic E-state index is 12.3. The summed E-state index contributed by atoms with van der Waals surface area (Å²) in [6.07, 6.45) is 2.27. The van der Waals surface area contributed by atoms with E-state index in [9.17, 15) is 4.79 Å². The number of benzene rings is 2. The number of nitrogens with one attached hydrogen (secondary N) is 1. The number of hydrogen-bond acceptors (Lipinski definition) is 3. The Morgan fingerprint density at radius 3 is 2.29 bits per heavy atom. The summed E-state index contributed by atoms with van der Waals surface area (Å²) in [6, 6.07) is 17.8. The Morgan fingerprint density at radius 2 is 1.68 bits per heavy atom. The highest BCUT2D eigenvalue weighted by Crippen LogP contribution is 2.17. The minimum atomic E-state index is -0.249. The highest BCUT2D eigenvalue weighted by molar-refractivity contribution is 6.30. The molecule has 3 N–H and O–H groups in total. The molecule has 0 saturated carbocycles. The van der Waals surface area contributed by atoms with Gasteiger partial charge in [-0.25, -0.2) is 0 Å². The summed E-state index contributed by atoms with van der Waals surface area (Å²) in [4.78, 5) is 14.7. The number of piperidine rings is 1. The van der Waals surface area contributed by atoms with Crippen molar-refractivity contribution in [1.82, 2.24) is 10.2 Å². The number of nitrogens with zero attached hydrogens (tertiary/aromatic N) is 1. The predicted molar refractivity (Wildman–Crippen MR) is 120 cm³/mol. The van der Waals surface area contributed by atoms with Crippen LogP contribution in [0.2, 0.25) is 5.02 Å². The molecule has 28 heavy (non-hydrogen) atoms. The molecular weight excluding hydrogens is 417 g/mol. The smallest absolute Gasteiger partial charge is 0.222 e. The van der Waals surface area contributed by atoms with Crippen molar-refractivity contribution in [2.45, 2.75) is 37.9 Å². The van der Waals surface area contributed by atoms with Crippen molar-refractivity contribution in [2.24, 2.45) is 5.73 Å². The van der Waals surface area contributed by atoms with Gasteiger partial charge in [0.05, 0.1) is 0 Å². The molecule has 0 radical (unpaired) electrons. The van der Waals surface area contributed by atoms with Gasteiger partial charge in [-0.3, -0.25) is 9.69 Å². The predicted octanol–water partition coefficient (Wildman–Crippen LogP) is 4.35. The van der Waals surface area contributed by atoms with Crippen molar-refractivity contribution in [3.8, 4) is 0 Å². The SMILES string of the molecule is Cl.Cl.NC(CC(=O)NC1CCN(Cc2ccc(Cl)cc2)CC1)c1ccccc1. The van der Waals surface area contributed by atoms with E-state index in [-0.39, 0.29) is 42.8 Å². The molecule has 2 aromatic rings. The van der Waals surface area contributed by atoms with Crippen LogP contribution in [0.1, 0.15) is 36.4 Å². The Labute approximate surface area is 184 Å². The van der Waals surface area contributed by atoms with Gasteiger partial charge in [0.15, 0.2) is 0 Å². The molecule has 1 amide bonds. The quantitative estimate of drug-likeness (QED) is 0.696. The maximum absolute atomic E-state index is 12.3. The zero-order valence-electron chi connectivity index (χ0n) is 15.7. The molecule has 1 aliphatic heterocycles. The Kier molecular flexibility index (Phi) is 10.9. The van der Waals surface area contributed by atoms with E-state index in [0.717, 1.165) is 43.1 Å². The molecule has 7 heteroatoms. The molecule has 4 nitrogen and oxygen atoms in total. The monoisotopic (exact) mass is 443 g/mol. The van der Waals surface area contributed by atoms with E-state index in [1.54, 1.807) is 0 Å². The number of carbonyl (C=O) groups is 1. The van der Waals surface area contributed by atoms with E-state index in [1.807, 2.05) is 42.5 Å². The first-order valence-electron chi connectivity index (χ1n) is 9.17. The van der Waals surface area contributed by atoms with Gasteiger partial charge in [0.1, 0.15) is 0 Å². The van der Waals surface area contributed by atoms with Crippen molar-refractivity contribution in [3.63, 3.8) is 0 Å². The second-order valence-corrected chi connectivity index (χ2v) is 7.40. The summed E-state index contributed by atoms with van der Waals surface area (Å²) in [5.74, 6) is 0.0394. The van der Waals surface area contributed by atoms with E-state index in [4.69, 9.17) is 17.3 Å². The Morgan fingerprint density at radius 1 is 1.07 bits per heavy atom. The first-order valence-corrected chi connectivity index (χ1v) is 9.54. The molecule has 1 aliphatic rings. The normalized spacial score (nSPS) is 15.8. The molecule has 0 spiro atoms. The number of rotatable bonds is 6. The van der Waals surface area contributed by atoms with Gasteiger partial charge < -0.3 is 11.1 Å². The van der Waals surface area contributed by atoms with E-state index >= 15 is 0 Å². The third-order valence-corrected chi connectivity index (χ3v) is 5.16. The number of carbonyl (C=O) groups excluding carboxylic acids is 1. The van der Waals surface area contributed by atoms with Crippen LogP contribution >= 0.6 is 36.4 Å². The molecule has 0 bridgehead atoms. The molecule has 3 rings (SSSR count). The fourth-order valence-electron chi connectivity index (χ4n) is 3.39. The molecule has 0 aromatic heterocycles. The van der Waals surface area contributed by atoms with Crippen molar-refractivity contribution in [1.29, 1.82) is 0 Å². The fourth-order valence-corrected chi connectivity index (χ4v) is 3.51. The molecule has 0 aliphatic carbocycles. The third kappa shape index (κ3) is 7.61. The van der Waals surface area contributed by atoms with Gasteiger partial charge in [-0.2, -0.15) is 0 Å². The van der Waals surface area contributed by atoms with Gasteiger partial charge in [0.2, 0.25) is 5.91 Å². The minimum Gasteiger partial charge on any atom is -0.353 e. The maximum Gasteiger partial charge on any atom is 0.222 e. The number of hydrogen-bond donors (Lipinski definition) is 2. The molecule has 1 heterocycles. The summed E-state index contributed by atoms with van der Waals surface area (Å²) >= 11 is 5.93. The number of likely N-dealkylation sites (tertiary alicyclic amines) is 1. The largest absolute Gasteiger partial charge is 0.353 e. The zero-order chi connectivity index (χ0) is 18.4. The zero-order valence-corrected chi connectivity index (χ0v) is 18.1. The lowest BCUT2D eigenvalue weighted by Gasteiger charge is -2.32. The lowest BCUT2D eigenvalue weighted by Crippen LogP contribution is -2.44. The lowest BCUT2D eigenvalue weighted by molar-refractivity contribution is -0.122. The van der Waals surface area contributed by atoms with Crippen molar-refractivity contribution >= 4 is 42.3 Å². The van der Waals surface area contributed by atoms with Crippen LogP contribution in [0.25, 0.3) is 0 Å². The first-order chi connectivity index (χ1) is 12.6. The van der Waals surface area contributed by atoms with Crippen molar-refractivity contribution < 1.29 is 4.79 Å². The van der Waals surface area contributed by atoms with Crippen LogP contribution in [-0.2, 0) is 11.3 Å². The van der Waals surface area contributed by atoms with Crippen LogP contribution in [0, 0.1) is 0 Å². The number of halogens is 3. The third-order valence-electron chi connectivity index (χ3n) is 4.91. The van der Waals surface area contributed by atoms with E-state index in [2.05, 4.69) is 22.3 Å². The van der Waals surface area contributed by atoms with E-state index < -0.39 is 0 Å². The van der Waals surface area contributed by atoms with Gasteiger partial charge in [-0.15, -0.1) is 24.8 Å². The van der Waals surface area contributed by atoms with Crippen LogP contribution in [0.4, 0.5) is 0 Å². The van der Waals surface area contributed by atoms with Crippen LogP contribution in [-0.4, -0.2) is 29.9 Å². The molecule has 1 saturated heterocycles. The molecule has 1 fully saturated rings. The van der Waals surface area contributed by atoms with Gasteiger partial charge >= 0.3 is 0 Å². The van der Waals surface area contributed by atoms with E-state index in [0.29, 0.717) is 6.42 Å². The van der Waals surface area contributed by atoms with Crippen LogP contribution in [0.15, 0.2) is 54.6 Å². The topological polar surface area (TPSA) is 58.4 Å². The number of nitrogens with two attached hydrogens (primary N) is 1. The Balaban J connectivity index is 0.00000196. The fraction of sp³-hybridized carbons (Fsp3) is 0.381. The van der Waals surface area contributed by atoms with Crippen molar-refractivity contribution in [3.05, 3.63) is 70.7 Å². The Bertz CT molecular complexity index is 705. The van der Waals surface area contributed by atoms with Crippen LogP contribution in [0.5, 0.6) is 0 Å². The van der Waals surface area contributed by atoms with Crippen LogP contribution < -0.4 is 11.1 Å².